The molecule has 0 heterocycles. The predicted octanol–water partition coefficient (Wildman–Crippen LogP) is 2.98. The Hall–Kier alpha value is -2.88. The van der Waals surface area contributed by atoms with E-state index in [1.54, 1.807) is 0 Å². The normalized spacial score (nSPS) is 12.3. The van der Waals surface area contributed by atoms with Crippen molar-refractivity contribution in [3.8, 4) is 5.75 Å². The molecular formula is C21H22ClN3O5S. The maximum absolute atomic E-state index is 12.5. The molecule has 8 nitrogen and oxygen atoms in total. The van der Waals surface area contributed by atoms with Gasteiger partial charge in [0.1, 0.15) is 16.3 Å². The second kappa shape index (κ2) is 7.99. The van der Waals surface area contributed by atoms with Gasteiger partial charge < -0.3 is 15.7 Å². The summed E-state index contributed by atoms with van der Waals surface area (Å²) in [5.41, 5.74) is -1.37. The Balaban J connectivity index is 2.01. The first-order valence-corrected chi connectivity index (χ1v) is 11.1. The first-order valence-electron chi connectivity index (χ1n) is 9.26. The molecule has 0 spiro atoms. The summed E-state index contributed by atoms with van der Waals surface area (Å²) in [7, 11) is -1.46. The smallest absolute Gasteiger partial charge is 0.253 e. The maximum Gasteiger partial charge on any atom is 0.253 e. The van der Waals surface area contributed by atoms with Crippen molar-refractivity contribution >= 4 is 38.7 Å². The molecule has 3 rings (SSSR count). The molecule has 0 aliphatic heterocycles. The van der Waals surface area contributed by atoms with Crippen LogP contribution in [0.15, 0.2) is 56.9 Å². The molecule has 10 heteroatoms. The summed E-state index contributed by atoms with van der Waals surface area (Å²) in [5, 5.41) is 16.2. The summed E-state index contributed by atoms with van der Waals surface area (Å²) in [6, 6.07) is 12.0. The highest BCUT2D eigenvalue weighted by Crippen LogP contribution is 2.40. The summed E-state index contributed by atoms with van der Waals surface area (Å²) in [4.78, 5) is 24.0. The number of phenols is 1. The number of anilines is 3. The molecule has 0 saturated heterocycles. The van der Waals surface area contributed by atoms with Gasteiger partial charge in [0.25, 0.3) is 10.9 Å². The monoisotopic (exact) mass is 463 g/mol. The quantitative estimate of drug-likeness (QED) is 0.364. The summed E-state index contributed by atoms with van der Waals surface area (Å²) < 4.78 is 26.0. The third-order valence-electron chi connectivity index (χ3n) is 4.93. The number of phenolic OH excluding ortho intramolecular Hbond substituents is 1. The molecule has 0 radical (unpaired) electrons. The number of hydrogen-bond donors (Lipinski definition) is 3. The highest BCUT2D eigenvalue weighted by Gasteiger charge is 2.31. The third-order valence-corrected chi connectivity index (χ3v) is 7.24. The Morgan fingerprint density at radius 1 is 0.968 bits per heavy atom. The van der Waals surface area contributed by atoms with Gasteiger partial charge in [0.05, 0.1) is 16.2 Å². The number of rotatable bonds is 7. The average molecular weight is 464 g/mol. The van der Waals surface area contributed by atoms with E-state index in [9.17, 15) is 23.1 Å². The number of halogens is 1. The molecule has 0 aromatic heterocycles. The first-order chi connectivity index (χ1) is 14.4. The largest absolute Gasteiger partial charge is 0.504 e. The van der Waals surface area contributed by atoms with Crippen LogP contribution in [0.2, 0.25) is 5.02 Å². The lowest BCUT2D eigenvalue weighted by atomic mass is 9.93. The molecule has 3 aromatic carbocycles. The topological polar surface area (TPSA) is 116 Å². The van der Waals surface area contributed by atoms with E-state index in [-0.39, 0.29) is 22.1 Å². The fraction of sp³-hybridized carbons (Fsp3) is 0.238. The SMILES string of the molecule is CN(C)S(=O)(=O)c1c(Cl)ccc(Nc2c(NC(C)(C)c3ccccc3)c(=O)c2=O)c1O. The lowest BCUT2D eigenvalue weighted by Crippen LogP contribution is -2.41. The minimum Gasteiger partial charge on any atom is -0.504 e. The lowest BCUT2D eigenvalue weighted by Gasteiger charge is -2.30. The Bertz CT molecular complexity index is 1310. The van der Waals surface area contributed by atoms with Crippen molar-refractivity contribution in [2.24, 2.45) is 0 Å². The van der Waals surface area contributed by atoms with Crippen molar-refractivity contribution in [2.45, 2.75) is 24.3 Å². The molecule has 0 atom stereocenters. The van der Waals surface area contributed by atoms with E-state index in [0.717, 1.165) is 9.87 Å². The van der Waals surface area contributed by atoms with Crippen LogP contribution >= 0.6 is 11.6 Å². The maximum atomic E-state index is 12.5. The van der Waals surface area contributed by atoms with Crippen LogP contribution in [0.1, 0.15) is 19.4 Å². The van der Waals surface area contributed by atoms with Gasteiger partial charge in [0.15, 0.2) is 5.75 Å². The average Bonchev–Trinajstić information content (AvgIpc) is 2.72. The van der Waals surface area contributed by atoms with Gasteiger partial charge >= 0.3 is 0 Å². The van der Waals surface area contributed by atoms with E-state index in [4.69, 9.17) is 11.6 Å². The highest BCUT2D eigenvalue weighted by molar-refractivity contribution is 7.89. The van der Waals surface area contributed by atoms with Crippen molar-refractivity contribution in [3.05, 3.63) is 73.5 Å². The summed E-state index contributed by atoms with van der Waals surface area (Å²) in [6.07, 6.45) is 0. The molecule has 0 bridgehead atoms. The van der Waals surface area contributed by atoms with Crippen LogP contribution < -0.4 is 21.5 Å². The molecule has 3 N–H and O–H groups in total. The van der Waals surface area contributed by atoms with Crippen LogP contribution in [-0.4, -0.2) is 31.9 Å². The minimum absolute atomic E-state index is 0.0465. The van der Waals surface area contributed by atoms with Crippen LogP contribution in [0.4, 0.5) is 17.1 Å². The van der Waals surface area contributed by atoms with Crippen molar-refractivity contribution in [1.29, 1.82) is 0 Å². The molecule has 164 valence electrons. The second-order valence-corrected chi connectivity index (χ2v) is 10.2. The number of sulfonamides is 1. The van der Waals surface area contributed by atoms with Gasteiger partial charge in [-0.3, -0.25) is 9.59 Å². The van der Waals surface area contributed by atoms with Gasteiger partial charge in [0, 0.05) is 14.1 Å². The summed E-state index contributed by atoms with van der Waals surface area (Å²) in [6.45, 7) is 3.70. The Morgan fingerprint density at radius 3 is 2.13 bits per heavy atom. The van der Waals surface area contributed by atoms with E-state index in [0.29, 0.717) is 0 Å². The fourth-order valence-electron chi connectivity index (χ4n) is 3.08. The van der Waals surface area contributed by atoms with Gasteiger partial charge in [-0.1, -0.05) is 41.9 Å². The van der Waals surface area contributed by atoms with Crippen LogP contribution in [-0.2, 0) is 15.6 Å². The molecule has 0 saturated carbocycles. The minimum atomic E-state index is -4.06. The zero-order valence-electron chi connectivity index (χ0n) is 17.4. The summed E-state index contributed by atoms with van der Waals surface area (Å²) in [5.74, 6) is -0.650. The highest BCUT2D eigenvalue weighted by atomic mass is 35.5. The van der Waals surface area contributed by atoms with Crippen molar-refractivity contribution < 1.29 is 13.5 Å². The van der Waals surface area contributed by atoms with Crippen LogP contribution in [0, 0.1) is 0 Å². The fourth-order valence-corrected chi connectivity index (χ4v) is 4.56. The molecule has 3 aromatic rings. The van der Waals surface area contributed by atoms with E-state index >= 15 is 0 Å². The molecule has 0 aliphatic rings. The number of hydrogen-bond acceptors (Lipinski definition) is 7. The van der Waals surface area contributed by atoms with Crippen LogP contribution in [0.5, 0.6) is 5.75 Å². The second-order valence-electron chi connectivity index (χ2n) is 7.71. The molecule has 0 aliphatic carbocycles. The number of nitrogens with zero attached hydrogens (tertiary/aromatic N) is 1. The zero-order chi connectivity index (χ0) is 23.1. The van der Waals surface area contributed by atoms with Gasteiger partial charge in [-0.15, -0.1) is 0 Å². The van der Waals surface area contributed by atoms with E-state index in [1.165, 1.54) is 26.2 Å². The lowest BCUT2D eigenvalue weighted by molar-refractivity contribution is 0.455. The van der Waals surface area contributed by atoms with Crippen molar-refractivity contribution in [1.82, 2.24) is 4.31 Å². The Morgan fingerprint density at radius 2 is 1.55 bits per heavy atom. The Labute approximate surface area is 184 Å². The zero-order valence-corrected chi connectivity index (χ0v) is 18.9. The number of benzene rings is 2. The van der Waals surface area contributed by atoms with Crippen LogP contribution in [0.3, 0.4) is 0 Å². The third kappa shape index (κ3) is 4.04. The standard InChI is InChI=1S/C21H22ClN3O5S/c1-21(2,12-8-6-5-7-9-12)24-16-15(18(27)19(16)28)23-14-11-10-13(22)20(17(14)26)31(29,30)25(3)4/h5-11,23-24,26H,1-4H3. The molecular weight excluding hydrogens is 442 g/mol. The van der Waals surface area contributed by atoms with Crippen molar-refractivity contribution in [2.75, 3.05) is 24.7 Å². The molecule has 31 heavy (non-hydrogen) atoms. The van der Waals surface area contributed by atoms with Gasteiger partial charge in [-0.2, -0.15) is 0 Å². The van der Waals surface area contributed by atoms with Crippen molar-refractivity contribution in [3.63, 3.8) is 0 Å². The van der Waals surface area contributed by atoms with E-state index in [2.05, 4.69) is 10.6 Å². The van der Waals surface area contributed by atoms with Gasteiger partial charge in [-0.05, 0) is 31.5 Å². The molecule has 0 fully saturated rings. The predicted molar refractivity (Wildman–Crippen MR) is 122 cm³/mol. The summed E-state index contributed by atoms with van der Waals surface area (Å²) >= 11 is 6.01. The molecule has 0 unspecified atom stereocenters. The van der Waals surface area contributed by atoms with Gasteiger partial charge in [0.2, 0.25) is 10.0 Å². The van der Waals surface area contributed by atoms with E-state index < -0.39 is 37.1 Å². The Kier molecular flexibility index (Phi) is 5.88. The first kappa shape index (κ1) is 22.8. The van der Waals surface area contributed by atoms with Crippen LogP contribution in [0.25, 0.3) is 0 Å². The van der Waals surface area contributed by atoms with E-state index in [1.807, 2.05) is 44.2 Å². The number of aromatic hydroxyl groups is 1. The number of nitrogens with one attached hydrogen (secondary N) is 2. The van der Waals surface area contributed by atoms with Gasteiger partial charge in [-0.25, -0.2) is 12.7 Å². The molecule has 0 amide bonds.